The van der Waals surface area contributed by atoms with Crippen LogP contribution in [0.2, 0.25) is 0 Å². The molecule has 1 heterocycles. The van der Waals surface area contributed by atoms with E-state index in [0.29, 0.717) is 24.7 Å². The van der Waals surface area contributed by atoms with Crippen LogP contribution in [-0.4, -0.2) is 22.6 Å². The Labute approximate surface area is 128 Å². The average Bonchev–Trinajstić information content (AvgIpc) is 2.85. The summed E-state index contributed by atoms with van der Waals surface area (Å²) in [6.07, 6.45) is 4.70. The zero-order valence-electron chi connectivity index (χ0n) is 13.8. The summed E-state index contributed by atoms with van der Waals surface area (Å²) in [6.45, 7) is 9.18. The standard InChI is InChI=1S/C16H30N4O/c1-5-6-12(9-10-17)7-8-15(21)18-14-11-13(19-20-14)16(2,3)4/h11-12H,5-10,17H2,1-4H3,(H2,18,19,20,21). The molecule has 5 heteroatoms. The van der Waals surface area contributed by atoms with E-state index in [0.717, 1.165) is 31.4 Å². The Morgan fingerprint density at radius 2 is 2.10 bits per heavy atom. The first kappa shape index (κ1) is 17.7. The second-order valence-electron chi connectivity index (χ2n) is 6.74. The molecule has 0 spiro atoms. The molecule has 0 aliphatic rings. The third-order valence-corrected chi connectivity index (χ3v) is 3.70. The highest BCUT2D eigenvalue weighted by Gasteiger charge is 2.17. The maximum atomic E-state index is 12.0. The molecule has 0 aromatic carbocycles. The fraction of sp³-hybridized carbons (Fsp3) is 0.750. The third kappa shape index (κ3) is 6.29. The van der Waals surface area contributed by atoms with E-state index in [1.165, 1.54) is 0 Å². The molecule has 0 fully saturated rings. The van der Waals surface area contributed by atoms with Crippen LogP contribution in [0.5, 0.6) is 0 Å². The number of H-pyrrole nitrogens is 1. The highest BCUT2D eigenvalue weighted by Crippen LogP contribution is 2.22. The zero-order chi connectivity index (χ0) is 15.9. The highest BCUT2D eigenvalue weighted by molar-refractivity contribution is 5.89. The van der Waals surface area contributed by atoms with Crippen molar-refractivity contribution in [1.29, 1.82) is 0 Å². The number of hydrogen-bond donors (Lipinski definition) is 3. The van der Waals surface area contributed by atoms with Crippen molar-refractivity contribution in [3.8, 4) is 0 Å². The molecule has 0 saturated heterocycles. The van der Waals surface area contributed by atoms with E-state index in [9.17, 15) is 4.79 Å². The lowest BCUT2D eigenvalue weighted by molar-refractivity contribution is -0.116. The Morgan fingerprint density at radius 1 is 1.38 bits per heavy atom. The van der Waals surface area contributed by atoms with Gasteiger partial charge in [0.2, 0.25) is 5.91 Å². The number of nitrogens with zero attached hydrogens (tertiary/aromatic N) is 1. The summed E-state index contributed by atoms with van der Waals surface area (Å²) in [7, 11) is 0. The number of rotatable bonds is 8. The summed E-state index contributed by atoms with van der Waals surface area (Å²) < 4.78 is 0. The predicted octanol–water partition coefficient (Wildman–Crippen LogP) is 3.19. The summed E-state index contributed by atoms with van der Waals surface area (Å²) in [5.74, 6) is 1.19. The van der Waals surface area contributed by atoms with Gasteiger partial charge in [0, 0.05) is 23.6 Å². The van der Waals surface area contributed by atoms with Crippen LogP contribution in [0.25, 0.3) is 0 Å². The van der Waals surface area contributed by atoms with Crippen molar-refractivity contribution >= 4 is 11.7 Å². The van der Waals surface area contributed by atoms with E-state index >= 15 is 0 Å². The molecular weight excluding hydrogens is 264 g/mol. The second kappa shape index (κ2) is 8.17. The van der Waals surface area contributed by atoms with Crippen molar-refractivity contribution < 1.29 is 4.79 Å². The van der Waals surface area contributed by atoms with E-state index in [4.69, 9.17) is 5.73 Å². The van der Waals surface area contributed by atoms with Gasteiger partial charge in [0.15, 0.2) is 5.82 Å². The summed E-state index contributed by atoms with van der Waals surface area (Å²) in [5.41, 5.74) is 6.64. The van der Waals surface area contributed by atoms with Crippen LogP contribution in [0.3, 0.4) is 0 Å². The lowest BCUT2D eigenvalue weighted by Crippen LogP contribution is -2.15. The van der Waals surface area contributed by atoms with E-state index < -0.39 is 0 Å². The zero-order valence-corrected chi connectivity index (χ0v) is 13.8. The molecule has 0 bridgehead atoms. The van der Waals surface area contributed by atoms with Gasteiger partial charge >= 0.3 is 0 Å². The Morgan fingerprint density at radius 3 is 2.62 bits per heavy atom. The summed E-state index contributed by atoms with van der Waals surface area (Å²) in [6, 6.07) is 1.90. The molecule has 1 atom stereocenters. The SMILES string of the molecule is CCCC(CCN)CCC(=O)Nc1cc(C(C)(C)C)[nH]n1. The van der Waals surface area contributed by atoms with Crippen LogP contribution >= 0.6 is 0 Å². The fourth-order valence-corrected chi connectivity index (χ4v) is 2.39. The Balaban J connectivity index is 2.44. The van der Waals surface area contributed by atoms with Crippen molar-refractivity contribution in [3.63, 3.8) is 0 Å². The first-order chi connectivity index (χ1) is 9.86. The van der Waals surface area contributed by atoms with Gasteiger partial charge in [-0.25, -0.2) is 0 Å². The van der Waals surface area contributed by atoms with Crippen LogP contribution in [-0.2, 0) is 10.2 Å². The molecule has 120 valence electrons. The number of nitrogens with two attached hydrogens (primary N) is 1. The maximum Gasteiger partial charge on any atom is 0.225 e. The number of aromatic nitrogens is 2. The minimum Gasteiger partial charge on any atom is -0.330 e. The number of nitrogens with one attached hydrogen (secondary N) is 2. The topological polar surface area (TPSA) is 83.8 Å². The number of carbonyl (C=O) groups excluding carboxylic acids is 1. The van der Waals surface area contributed by atoms with Crippen LogP contribution < -0.4 is 11.1 Å². The van der Waals surface area contributed by atoms with Crippen molar-refractivity contribution in [2.45, 2.75) is 65.2 Å². The van der Waals surface area contributed by atoms with Crippen molar-refractivity contribution in [3.05, 3.63) is 11.8 Å². The number of anilines is 1. The molecule has 0 radical (unpaired) electrons. The number of aromatic amines is 1. The monoisotopic (exact) mass is 294 g/mol. The first-order valence-corrected chi connectivity index (χ1v) is 7.92. The molecule has 5 nitrogen and oxygen atoms in total. The molecule has 1 aromatic rings. The van der Waals surface area contributed by atoms with Gasteiger partial charge in [-0.05, 0) is 25.3 Å². The van der Waals surface area contributed by atoms with Gasteiger partial charge in [0.25, 0.3) is 0 Å². The molecule has 1 rings (SSSR count). The van der Waals surface area contributed by atoms with Gasteiger partial charge in [-0.2, -0.15) is 5.10 Å². The molecule has 1 aromatic heterocycles. The fourth-order valence-electron chi connectivity index (χ4n) is 2.39. The van der Waals surface area contributed by atoms with Gasteiger partial charge in [0.1, 0.15) is 0 Å². The van der Waals surface area contributed by atoms with E-state index in [2.05, 4.69) is 43.2 Å². The molecule has 0 aliphatic heterocycles. The summed E-state index contributed by atoms with van der Waals surface area (Å²) in [5, 5.41) is 9.98. The molecule has 0 aliphatic carbocycles. The Kier molecular flexibility index (Phi) is 6.89. The number of amides is 1. The van der Waals surface area contributed by atoms with Crippen molar-refractivity contribution in [2.24, 2.45) is 11.7 Å². The number of hydrogen-bond acceptors (Lipinski definition) is 3. The van der Waals surface area contributed by atoms with E-state index in [-0.39, 0.29) is 11.3 Å². The summed E-state index contributed by atoms with van der Waals surface area (Å²) in [4.78, 5) is 12.0. The third-order valence-electron chi connectivity index (χ3n) is 3.70. The lowest BCUT2D eigenvalue weighted by atomic mass is 9.92. The van der Waals surface area contributed by atoms with Gasteiger partial charge in [-0.15, -0.1) is 0 Å². The molecular formula is C16H30N4O. The van der Waals surface area contributed by atoms with Crippen LogP contribution in [0.4, 0.5) is 5.82 Å². The van der Waals surface area contributed by atoms with Crippen molar-refractivity contribution in [2.75, 3.05) is 11.9 Å². The highest BCUT2D eigenvalue weighted by atomic mass is 16.1. The quantitative estimate of drug-likeness (QED) is 0.688. The minimum absolute atomic E-state index is 0.00330. The number of carbonyl (C=O) groups is 1. The second-order valence-corrected chi connectivity index (χ2v) is 6.74. The van der Waals surface area contributed by atoms with Crippen LogP contribution in [0.1, 0.15) is 65.5 Å². The van der Waals surface area contributed by atoms with Gasteiger partial charge < -0.3 is 11.1 Å². The minimum atomic E-state index is 0.00330. The Bertz CT molecular complexity index is 428. The van der Waals surface area contributed by atoms with Crippen LogP contribution in [0.15, 0.2) is 6.07 Å². The van der Waals surface area contributed by atoms with Gasteiger partial charge in [0.05, 0.1) is 0 Å². The molecule has 21 heavy (non-hydrogen) atoms. The molecule has 1 unspecified atom stereocenters. The normalized spacial score (nSPS) is 13.2. The largest absolute Gasteiger partial charge is 0.330 e. The molecule has 4 N–H and O–H groups in total. The predicted molar refractivity (Wildman–Crippen MR) is 87.2 cm³/mol. The van der Waals surface area contributed by atoms with E-state index in [1.54, 1.807) is 0 Å². The lowest BCUT2D eigenvalue weighted by Gasteiger charge is -2.15. The molecule has 1 amide bonds. The Hall–Kier alpha value is -1.36. The molecule has 0 saturated carbocycles. The first-order valence-electron chi connectivity index (χ1n) is 7.92. The summed E-state index contributed by atoms with van der Waals surface area (Å²) >= 11 is 0. The van der Waals surface area contributed by atoms with Gasteiger partial charge in [-0.1, -0.05) is 40.5 Å². The van der Waals surface area contributed by atoms with Crippen molar-refractivity contribution in [1.82, 2.24) is 10.2 Å². The average molecular weight is 294 g/mol. The van der Waals surface area contributed by atoms with Crippen LogP contribution in [0, 0.1) is 5.92 Å². The van der Waals surface area contributed by atoms with Gasteiger partial charge in [-0.3, -0.25) is 9.89 Å². The maximum absolute atomic E-state index is 12.0. The smallest absolute Gasteiger partial charge is 0.225 e. The van der Waals surface area contributed by atoms with E-state index in [1.807, 2.05) is 6.07 Å².